The average Bonchev–Trinajstić information content (AvgIpc) is 3.30. The number of nitro groups is 1. The molecule has 0 atom stereocenters. The summed E-state index contributed by atoms with van der Waals surface area (Å²) >= 11 is 5.80. The van der Waals surface area contributed by atoms with Gasteiger partial charge in [-0.25, -0.2) is 4.98 Å². The lowest BCUT2D eigenvalue weighted by Gasteiger charge is -2.35. The Morgan fingerprint density at radius 2 is 1.88 bits per heavy atom. The summed E-state index contributed by atoms with van der Waals surface area (Å²) in [6, 6.07) is 7.04. The molecular formula is C19H14ClF3N6O4. The molecule has 1 aromatic carbocycles. The molecule has 0 N–H and O–H groups in total. The van der Waals surface area contributed by atoms with Crippen molar-refractivity contribution in [2.45, 2.75) is 6.18 Å². The van der Waals surface area contributed by atoms with Gasteiger partial charge in [0, 0.05) is 49.6 Å². The van der Waals surface area contributed by atoms with Gasteiger partial charge in [-0.3, -0.25) is 14.9 Å². The van der Waals surface area contributed by atoms with Crippen molar-refractivity contribution >= 4 is 29.0 Å². The lowest BCUT2D eigenvalue weighted by molar-refractivity contribution is -0.384. The van der Waals surface area contributed by atoms with Crippen LogP contribution in [-0.4, -0.2) is 57.0 Å². The van der Waals surface area contributed by atoms with Gasteiger partial charge in [0.05, 0.1) is 4.92 Å². The maximum Gasteiger partial charge on any atom is 0.471 e. The van der Waals surface area contributed by atoms with Crippen LogP contribution < -0.4 is 4.90 Å². The van der Waals surface area contributed by atoms with Crippen LogP contribution in [0.1, 0.15) is 16.2 Å². The number of carbonyl (C=O) groups excluding carboxylic acids is 1. The molecule has 0 saturated carbocycles. The Hall–Kier alpha value is -3.74. The molecule has 1 aliphatic rings. The second kappa shape index (κ2) is 8.65. The highest BCUT2D eigenvalue weighted by atomic mass is 35.5. The molecule has 2 aromatic heterocycles. The van der Waals surface area contributed by atoms with Gasteiger partial charge in [0.2, 0.25) is 5.82 Å². The number of nitro benzene ring substituents is 1. The molecule has 0 spiro atoms. The van der Waals surface area contributed by atoms with Crippen molar-refractivity contribution in [2.75, 3.05) is 31.1 Å². The number of amides is 1. The van der Waals surface area contributed by atoms with E-state index < -0.39 is 17.0 Å². The van der Waals surface area contributed by atoms with E-state index in [0.29, 0.717) is 32.0 Å². The summed E-state index contributed by atoms with van der Waals surface area (Å²) in [5.41, 5.74) is 0.0888. The van der Waals surface area contributed by atoms with Crippen LogP contribution in [-0.2, 0) is 6.18 Å². The Balaban J connectivity index is 1.40. The van der Waals surface area contributed by atoms with Crippen molar-refractivity contribution < 1.29 is 27.4 Å². The third-order valence-corrected chi connectivity index (χ3v) is 5.27. The quantitative estimate of drug-likeness (QED) is 0.408. The third kappa shape index (κ3) is 4.72. The van der Waals surface area contributed by atoms with Gasteiger partial charge in [-0.05, 0) is 24.3 Å². The van der Waals surface area contributed by atoms with Crippen molar-refractivity contribution in [3.8, 4) is 11.4 Å². The summed E-state index contributed by atoms with van der Waals surface area (Å²) < 4.78 is 42.1. The van der Waals surface area contributed by atoms with Gasteiger partial charge in [0.25, 0.3) is 11.6 Å². The van der Waals surface area contributed by atoms with E-state index in [1.54, 1.807) is 11.0 Å². The third-order valence-electron chi connectivity index (χ3n) is 4.96. The van der Waals surface area contributed by atoms with Crippen LogP contribution in [0.4, 0.5) is 24.7 Å². The number of piperazine rings is 1. The van der Waals surface area contributed by atoms with Crippen LogP contribution in [0.3, 0.4) is 0 Å². The Bertz CT molecular complexity index is 1190. The van der Waals surface area contributed by atoms with Crippen molar-refractivity contribution in [3.05, 3.63) is 63.1 Å². The predicted molar refractivity (Wildman–Crippen MR) is 109 cm³/mol. The highest BCUT2D eigenvalue weighted by Gasteiger charge is 2.38. The van der Waals surface area contributed by atoms with Gasteiger partial charge < -0.3 is 14.3 Å². The predicted octanol–water partition coefficient (Wildman–Crippen LogP) is 3.67. The molecule has 3 aromatic rings. The fourth-order valence-electron chi connectivity index (χ4n) is 3.27. The summed E-state index contributed by atoms with van der Waals surface area (Å²) in [4.78, 5) is 34.2. The molecule has 1 fully saturated rings. The maximum absolute atomic E-state index is 12.7. The van der Waals surface area contributed by atoms with Crippen LogP contribution in [0.2, 0.25) is 5.02 Å². The number of anilines is 1. The smallest absolute Gasteiger partial charge is 0.353 e. The van der Waals surface area contributed by atoms with E-state index in [4.69, 9.17) is 11.6 Å². The van der Waals surface area contributed by atoms with Crippen molar-refractivity contribution in [2.24, 2.45) is 0 Å². The van der Waals surface area contributed by atoms with E-state index in [9.17, 15) is 28.1 Å². The first-order chi connectivity index (χ1) is 15.6. The van der Waals surface area contributed by atoms with Gasteiger partial charge in [0.15, 0.2) is 0 Å². The van der Waals surface area contributed by atoms with Gasteiger partial charge >= 0.3 is 12.1 Å². The number of carbonyl (C=O) groups is 1. The number of hydrogen-bond acceptors (Lipinski definition) is 8. The lowest BCUT2D eigenvalue weighted by atomic mass is 10.1. The number of rotatable bonds is 4. The molecule has 0 aliphatic carbocycles. The van der Waals surface area contributed by atoms with Crippen LogP contribution in [0.5, 0.6) is 0 Å². The van der Waals surface area contributed by atoms with E-state index in [0.717, 1.165) is 6.07 Å². The largest absolute Gasteiger partial charge is 0.471 e. The fourth-order valence-corrected chi connectivity index (χ4v) is 3.45. The van der Waals surface area contributed by atoms with E-state index in [1.165, 1.54) is 24.4 Å². The summed E-state index contributed by atoms with van der Waals surface area (Å²) in [5.74, 6) is -1.45. The molecule has 1 amide bonds. The molecule has 1 saturated heterocycles. The summed E-state index contributed by atoms with van der Waals surface area (Å²) in [6.07, 6.45) is -3.39. The van der Waals surface area contributed by atoms with E-state index in [1.807, 2.05) is 4.90 Å². The number of nitrogens with zero attached hydrogens (tertiary/aromatic N) is 6. The number of benzene rings is 1. The van der Waals surface area contributed by atoms with Crippen LogP contribution in [0.15, 0.2) is 41.1 Å². The van der Waals surface area contributed by atoms with E-state index >= 15 is 0 Å². The Labute approximate surface area is 188 Å². The number of aromatic nitrogens is 3. The number of alkyl halides is 3. The lowest BCUT2D eigenvalue weighted by Crippen LogP contribution is -2.49. The van der Waals surface area contributed by atoms with Gasteiger partial charge in [-0.1, -0.05) is 16.8 Å². The Kier molecular flexibility index (Phi) is 5.89. The molecule has 172 valence electrons. The zero-order valence-corrected chi connectivity index (χ0v) is 17.4. The van der Waals surface area contributed by atoms with Crippen molar-refractivity contribution in [1.82, 2.24) is 20.0 Å². The van der Waals surface area contributed by atoms with Gasteiger partial charge in [0.1, 0.15) is 10.8 Å². The number of pyridine rings is 1. The topological polar surface area (TPSA) is 118 Å². The van der Waals surface area contributed by atoms with Crippen molar-refractivity contribution in [1.29, 1.82) is 0 Å². The molecule has 1 aliphatic heterocycles. The Morgan fingerprint density at radius 1 is 1.15 bits per heavy atom. The summed E-state index contributed by atoms with van der Waals surface area (Å²) in [7, 11) is 0. The number of halogens is 4. The number of hydrogen-bond donors (Lipinski definition) is 0. The van der Waals surface area contributed by atoms with Crippen LogP contribution >= 0.6 is 11.6 Å². The minimum Gasteiger partial charge on any atom is -0.353 e. The SMILES string of the molecule is O=C(c1ccc(Cl)c([N+](=O)[O-])c1)N1CCN(c2ccc(-c3noc(C(F)(F)F)n3)cn2)CC1. The standard InChI is InChI=1S/C19H14ClF3N6O4/c20-13-3-1-11(9-14(13)29(31)32)17(30)28-7-5-27(6-8-28)15-4-2-12(10-24-15)16-25-18(33-26-16)19(21,22)23/h1-4,9-10H,5-8H2. The minimum atomic E-state index is -4.73. The molecule has 0 bridgehead atoms. The summed E-state index contributed by atoms with van der Waals surface area (Å²) in [5, 5.41) is 14.3. The van der Waals surface area contributed by atoms with Crippen molar-refractivity contribution in [3.63, 3.8) is 0 Å². The molecule has 3 heterocycles. The molecule has 0 radical (unpaired) electrons. The van der Waals surface area contributed by atoms with Gasteiger partial charge in [-0.2, -0.15) is 18.2 Å². The van der Waals surface area contributed by atoms with Crippen LogP contribution in [0, 0.1) is 10.1 Å². The highest BCUT2D eigenvalue weighted by molar-refractivity contribution is 6.32. The molecular weight excluding hydrogens is 469 g/mol. The highest BCUT2D eigenvalue weighted by Crippen LogP contribution is 2.30. The summed E-state index contributed by atoms with van der Waals surface area (Å²) in [6.45, 7) is 1.57. The Morgan fingerprint density at radius 3 is 2.45 bits per heavy atom. The first-order valence-electron chi connectivity index (χ1n) is 9.49. The first-order valence-corrected chi connectivity index (χ1v) is 9.87. The zero-order valence-electron chi connectivity index (χ0n) is 16.6. The van der Waals surface area contributed by atoms with E-state index in [2.05, 4.69) is 19.6 Å². The fraction of sp³-hybridized carbons (Fsp3) is 0.263. The molecule has 33 heavy (non-hydrogen) atoms. The van der Waals surface area contributed by atoms with Gasteiger partial charge in [-0.15, -0.1) is 0 Å². The average molecular weight is 483 g/mol. The second-order valence-corrected chi connectivity index (χ2v) is 7.44. The molecule has 10 nitrogen and oxygen atoms in total. The zero-order chi connectivity index (χ0) is 23.8. The first kappa shape index (κ1) is 22.5. The molecule has 14 heteroatoms. The van der Waals surface area contributed by atoms with Crippen LogP contribution in [0.25, 0.3) is 11.4 Å². The maximum atomic E-state index is 12.7. The molecule has 0 unspecified atom stereocenters. The monoisotopic (exact) mass is 482 g/mol. The normalized spacial score (nSPS) is 14.4. The van der Waals surface area contributed by atoms with E-state index in [-0.39, 0.29) is 33.6 Å². The molecule has 4 rings (SSSR count). The second-order valence-electron chi connectivity index (χ2n) is 7.03. The minimum absolute atomic E-state index is 0.0497.